The van der Waals surface area contributed by atoms with Crippen molar-refractivity contribution in [2.45, 2.75) is 19.4 Å². The lowest BCUT2D eigenvalue weighted by atomic mass is 10.0. The molecule has 2 rings (SSSR count). The fourth-order valence-electron chi connectivity index (χ4n) is 2.25. The van der Waals surface area contributed by atoms with Gasteiger partial charge in [0.15, 0.2) is 0 Å². The first-order valence-corrected chi connectivity index (χ1v) is 5.52. The zero-order valence-corrected chi connectivity index (χ0v) is 8.75. The van der Waals surface area contributed by atoms with E-state index in [0.717, 1.165) is 39.1 Å². The van der Waals surface area contributed by atoms with Crippen LogP contribution in [0.1, 0.15) is 13.3 Å². The summed E-state index contributed by atoms with van der Waals surface area (Å²) in [7, 11) is 0. The molecule has 2 atom stereocenters. The molecule has 4 nitrogen and oxygen atoms in total. The standard InChI is InChI=1S/C10H19N3O/c1-8-2-3-12-9(8)10(14)13-6-4-11-5-7-13/h8-9,11-12H,2-7H2,1H3. The molecule has 2 heterocycles. The summed E-state index contributed by atoms with van der Waals surface area (Å²) in [6.45, 7) is 6.75. The smallest absolute Gasteiger partial charge is 0.240 e. The molecule has 0 radical (unpaired) electrons. The number of piperazine rings is 1. The molecule has 2 saturated heterocycles. The van der Waals surface area contributed by atoms with Gasteiger partial charge in [0.05, 0.1) is 6.04 Å². The van der Waals surface area contributed by atoms with Crippen molar-refractivity contribution in [1.82, 2.24) is 15.5 Å². The molecule has 14 heavy (non-hydrogen) atoms. The molecule has 80 valence electrons. The SMILES string of the molecule is CC1CCNC1C(=O)N1CCNCC1. The first-order chi connectivity index (χ1) is 6.79. The van der Waals surface area contributed by atoms with Gasteiger partial charge in [-0.2, -0.15) is 0 Å². The van der Waals surface area contributed by atoms with Crippen molar-refractivity contribution >= 4 is 5.91 Å². The Hall–Kier alpha value is -0.610. The molecule has 0 spiro atoms. The van der Waals surface area contributed by atoms with Crippen molar-refractivity contribution < 1.29 is 4.79 Å². The van der Waals surface area contributed by atoms with Crippen molar-refractivity contribution in [3.8, 4) is 0 Å². The van der Waals surface area contributed by atoms with E-state index in [9.17, 15) is 4.79 Å². The number of nitrogens with zero attached hydrogens (tertiary/aromatic N) is 1. The molecule has 4 heteroatoms. The monoisotopic (exact) mass is 197 g/mol. The highest BCUT2D eigenvalue weighted by atomic mass is 16.2. The Morgan fingerprint density at radius 3 is 2.57 bits per heavy atom. The van der Waals surface area contributed by atoms with Gasteiger partial charge in [0.2, 0.25) is 5.91 Å². The van der Waals surface area contributed by atoms with Gasteiger partial charge in [-0.15, -0.1) is 0 Å². The third kappa shape index (κ3) is 1.91. The normalized spacial score (nSPS) is 33.4. The number of carbonyl (C=O) groups excluding carboxylic acids is 1. The van der Waals surface area contributed by atoms with E-state index in [1.54, 1.807) is 0 Å². The Balaban J connectivity index is 1.92. The Kier molecular flexibility index (Phi) is 3.03. The zero-order valence-electron chi connectivity index (χ0n) is 8.75. The highest BCUT2D eigenvalue weighted by Crippen LogP contribution is 2.16. The molecule has 0 saturated carbocycles. The molecule has 0 aromatic heterocycles. The second-order valence-electron chi connectivity index (χ2n) is 4.27. The third-order valence-corrected chi connectivity index (χ3v) is 3.23. The average molecular weight is 197 g/mol. The van der Waals surface area contributed by atoms with Crippen molar-refractivity contribution in [2.24, 2.45) is 5.92 Å². The largest absolute Gasteiger partial charge is 0.339 e. The van der Waals surface area contributed by atoms with Crippen LogP contribution in [0.15, 0.2) is 0 Å². The van der Waals surface area contributed by atoms with Crippen LogP contribution < -0.4 is 10.6 Å². The summed E-state index contributed by atoms with van der Waals surface area (Å²) >= 11 is 0. The fourth-order valence-corrected chi connectivity index (χ4v) is 2.25. The molecule has 2 aliphatic heterocycles. The second-order valence-corrected chi connectivity index (χ2v) is 4.27. The van der Waals surface area contributed by atoms with Crippen LogP contribution in [0.5, 0.6) is 0 Å². The van der Waals surface area contributed by atoms with E-state index in [2.05, 4.69) is 17.6 Å². The molecule has 2 fully saturated rings. The van der Waals surface area contributed by atoms with E-state index in [0.29, 0.717) is 11.8 Å². The van der Waals surface area contributed by atoms with E-state index in [-0.39, 0.29) is 6.04 Å². The summed E-state index contributed by atoms with van der Waals surface area (Å²) in [5.41, 5.74) is 0. The average Bonchev–Trinajstić information content (AvgIpc) is 2.65. The molecular weight excluding hydrogens is 178 g/mol. The van der Waals surface area contributed by atoms with Crippen molar-refractivity contribution in [1.29, 1.82) is 0 Å². The second kappa shape index (κ2) is 4.28. The number of amides is 1. The van der Waals surface area contributed by atoms with Crippen LogP contribution in [0.2, 0.25) is 0 Å². The van der Waals surface area contributed by atoms with Gasteiger partial charge in [0.25, 0.3) is 0 Å². The first kappa shape index (κ1) is 9.93. The van der Waals surface area contributed by atoms with Gasteiger partial charge in [0.1, 0.15) is 0 Å². The van der Waals surface area contributed by atoms with E-state index < -0.39 is 0 Å². The minimum Gasteiger partial charge on any atom is -0.339 e. The lowest BCUT2D eigenvalue weighted by Gasteiger charge is -2.30. The summed E-state index contributed by atoms with van der Waals surface area (Å²) in [5.74, 6) is 0.800. The number of hydrogen-bond donors (Lipinski definition) is 2. The van der Waals surface area contributed by atoms with Gasteiger partial charge in [-0.1, -0.05) is 6.92 Å². The maximum absolute atomic E-state index is 12.0. The van der Waals surface area contributed by atoms with Crippen LogP contribution in [0, 0.1) is 5.92 Å². The van der Waals surface area contributed by atoms with Gasteiger partial charge in [-0.3, -0.25) is 4.79 Å². The minimum atomic E-state index is 0.0769. The fraction of sp³-hybridized carbons (Fsp3) is 0.900. The summed E-state index contributed by atoms with van der Waals surface area (Å²) < 4.78 is 0. The minimum absolute atomic E-state index is 0.0769. The molecule has 2 unspecified atom stereocenters. The molecule has 0 bridgehead atoms. The first-order valence-electron chi connectivity index (χ1n) is 5.52. The predicted octanol–water partition coefficient (Wildman–Crippen LogP) is -0.584. The molecule has 0 aliphatic carbocycles. The molecule has 0 aromatic carbocycles. The van der Waals surface area contributed by atoms with Crippen molar-refractivity contribution in [2.75, 3.05) is 32.7 Å². The van der Waals surface area contributed by atoms with Gasteiger partial charge < -0.3 is 15.5 Å². The number of rotatable bonds is 1. The Morgan fingerprint density at radius 1 is 1.29 bits per heavy atom. The molecular formula is C10H19N3O. The Labute approximate surface area is 85.0 Å². The Bertz CT molecular complexity index is 213. The summed E-state index contributed by atoms with van der Waals surface area (Å²) in [6, 6.07) is 0.0769. The summed E-state index contributed by atoms with van der Waals surface area (Å²) in [6.07, 6.45) is 1.13. The highest BCUT2D eigenvalue weighted by molar-refractivity contribution is 5.82. The van der Waals surface area contributed by atoms with E-state index in [1.807, 2.05) is 4.90 Å². The van der Waals surface area contributed by atoms with Crippen LogP contribution >= 0.6 is 0 Å². The van der Waals surface area contributed by atoms with Gasteiger partial charge >= 0.3 is 0 Å². The van der Waals surface area contributed by atoms with Crippen molar-refractivity contribution in [3.63, 3.8) is 0 Å². The van der Waals surface area contributed by atoms with E-state index >= 15 is 0 Å². The number of nitrogens with one attached hydrogen (secondary N) is 2. The molecule has 1 amide bonds. The molecule has 2 aliphatic rings. The number of carbonyl (C=O) groups is 1. The van der Waals surface area contributed by atoms with Crippen LogP contribution in [-0.2, 0) is 4.79 Å². The van der Waals surface area contributed by atoms with Crippen LogP contribution in [0.4, 0.5) is 0 Å². The zero-order chi connectivity index (χ0) is 9.97. The maximum atomic E-state index is 12.0. The van der Waals surface area contributed by atoms with E-state index in [4.69, 9.17) is 0 Å². The van der Waals surface area contributed by atoms with Gasteiger partial charge in [0, 0.05) is 26.2 Å². The Morgan fingerprint density at radius 2 is 2.00 bits per heavy atom. The molecule has 0 aromatic rings. The lowest BCUT2D eigenvalue weighted by Crippen LogP contribution is -2.52. The lowest BCUT2D eigenvalue weighted by molar-refractivity contribution is -0.134. The predicted molar refractivity (Wildman–Crippen MR) is 55.0 cm³/mol. The third-order valence-electron chi connectivity index (χ3n) is 3.23. The van der Waals surface area contributed by atoms with Crippen LogP contribution in [0.25, 0.3) is 0 Å². The van der Waals surface area contributed by atoms with Crippen LogP contribution in [-0.4, -0.2) is 49.6 Å². The summed E-state index contributed by atoms with van der Waals surface area (Å²) in [4.78, 5) is 14.0. The summed E-state index contributed by atoms with van der Waals surface area (Å²) in [5, 5.41) is 6.55. The quantitative estimate of drug-likeness (QED) is 0.591. The number of hydrogen-bond acceptors (Lipinski definition) is 3. The van der Waals surface area contributed by atoms with E-state index in [1.165, 1.54) is 0 Å². The molecule has 2 N–H and O–H groups in total. The topological polar surface area (TPSA) is 44.4 Å². The van der Waals surface area contributed by atoms with Crippen molar-refractivity contribution in [3.05, 3.63) is 0 Å². The van der Waals surface area contributed by atoms with Crippen LogP contribution in [0.3, 0.4) is 0 Å². The highest BCUT2D eigenvalue weighted by Gasteiger charge is 2.32. The maximum Gasteiger partial charge on any atom is 0.240 e. The van der Waals surface area contributed by atoms with Gasteiger partial charge in [-0.05, 0) is 18.9 Å². The van der Waals surface area contributed by atoms with Gasteiger partial charge in [-0.25, -0.2) is 0 Å².